The Kier molecular flexibility index (Phi) is 4.75. The van der Waals surface area contributed by atoms with Crippen LogP contribution in [0.15, 0.2) is 0 Å². The molecule has 0 aromatic carbocycles. The van der Waals surface area contributed by atoms with Crippen molar-refractivity contribution in [3.63, 3.8) is 0 Å². The lowest BCUT2D eigenvalue weighted by Gasteiger charge is -2.12. The molecule has 1 fully saturated rings. The van der Waals surface area contributed by atoms with E-state index in [4.69, 9.17) is 0 Å². The van der Waals surface area contributed by atoms with E-state index in [0.717, 1.165) is 17.7 Å². The Morgan fingerprint density at radius 3 is 2.81 bits per heavy atom. The molecule has 90 valence electrons. The predicted octanol–water partition coefficient (Wildman–Crippen LogP) is -0.155. The standard InChI is InChI=1S/C10H17N3O3/c1-2-3-4-8(14)11-5-6-13-9(15)7-12-10(13)16/h2-7H2,1H3,(H,11,14)(H,12,16). The van der Waals surface area contributed by atoms with Gasteiger partial charge in [0.25, 0.3) is 0 Å². The molecule has 0 saturated carbocycles. The van der Waals surface area contributed by atoms with Gasteiger partial charge in [-0.25, -0.2) is 4.79 Å². The number of unbranched alkanes of at least 4 members (excludes halogenated alkanes) is 1. The maximum Gasteiger partial charge on any atom is 0.324 e. The van der Waals surface area contributed by atoms with Gasteiger partial charge in [-0.05, 0) is 6.42 Å². The van der Waals surface area contributed by atoms with Gasteiger partial charge in [0.15, 0.2) is 0 Å². The summed E-state index contributed by atoms with van der Waals surface area (Å²) in [7, 11) is 0. The molecule has 1 saturated heterocycles. The Hall–Kier alpha value is -1.59. The lowest BCUT2D eigenvalue weighted by Crippen LogP contribution is -2.38. The van der Waals surface area contributed by atoms with Crippen molar-refractivity contribution in [3.8, 4) is 0 Å². The van der Waals surface area contributed by atoms with E-state index in [2.05, 4.69) is 10.6 Å². The average molecular weight is 227 g/mol. The highest BCUT2D eigenvalue weighted by atomic mass is 16.2. The number of hydrogen-bond acceptors (Lipinski definition) is 3. The van der Waals surface area contributed by atoms with E-state index in [1.165, 1.54) is 0 Å². The van der Waals surface area contributed by atoms with E-state index < -0.39 is 0 Å². The van der Waals surface area contributed by atoms with E-state index >= 15 is 0 Å². The van der Waals surface area contributed by atoms with Crippen LogP contribution in [-0.4, -0.2) is 42.4 Å². The number of rotatable bonds is 6. The van der Waals surface area contributed by atoms with Gasteiger partial charge in [-0.3, -0.25) is 14.5 Å². The topological polar surface area (TPSA) is 78.5 Å². The van der Waals surface area contributed by atoms with Crippen LogP contribution in [-0.2, 0) is 9.59 Å². The number of nitrogens with zero attached hydrogens (tertiary/aromatic N) is 1. The van der Waals surface area contributed by atoms with Crippen LogP contribution in [0.2, 0.25) is 0 Å². The second-order valence-electron chi connectivity index (χ2n) is 3.66. The van der Waals surface area contributed by atoms with Gasteiger partial charge < -0.3 is 10.6 Å². The fourth-order valence-electron chi connectivity index (χ4n) is 1.41. The van der Waals surface area contributed by atoms with Crippen molar-refractivity contribution in [2.45, 2.75) is 26.2 Å². The highest BCUT2D eigenvalue weighted by Crippen LogP contribution is 1.97. The third-order valence-electron chi connectivity index (χ3n) is 2.35. The maximum atomic E-state index is 11.2. The summed E-state index contributed by atoms with van der Waals surface area (Å²) in [5, 5.41) is 5.09. The molecule has 0 atom stereocenters. The minimum absolute atomic E-state index is 0.0334. The summed E-state index contributed by atoms with van der Waals surface area (Å²) in [5.41, 5.74) is 0. The quantitative estimate of drug-likeness (QED) is 0.619. The largest absolute Gasteiger partial charge is 0.354 e. The van der Waals surface area contributed by atoms with Gasteiger partial charge in [0, 0.05) is 19.5 Å². The fraction of sp³-hybridized carbons (Fsp3) is 0.700. The van der Waals surface area contributed by atoms with Crippen molar-refractivity contribution >= 4 is 17.8 Å². The molecule has 0 bridgehead atoms. The van der Waals surface area contributed by atoms with Crippen LogP contribution in [0.3, 0.4) is 0 Å². The Morgan fingerprint density at radius 2 is 2.25 bits per heavy atom. The van der Waals surface area contributed by atoms with Crippen LogP contribution < -0.4 is 10.6 Å². The molecular formula is C10H17N3O3. The van der Waals surface area contributed by atoms with Gasteiger partial charge in [-0.2, -0.15) is 0 Å². The van der Waals surface area contributed by atoms with Crippen LogP contribution in [0.1, 0.15) is 26.2 Å². The molecule has 0 aliphatic carbocycles. The number of amides is 4. The van der Waals surface area contributed by atoms with Crippen LogP contribution in [0, 0.1) is 0 Å². The predicted molar refractivity (Wildman–Crippen MR) is 57.6 cm³/mol. The number of carbonyl (C=O) groups excluding carboxylic acids is 3. The van der Waals surface area contributed by atoms with Gasteiger partial charge in [0.05, 0.1) is 6.54 Å². The van der Waals surface area contributed by atoms with E-state index in [0.29, 0.717) is 13.0 Å². The number of carbonyl (C=O) groups is 3. The molecule has 2 N–H and O–H groups in total. The molecule has 0 spiro atoms. The number of nitrogens with one attached hydrogen (secondary N) is 2. The summed E-state index contributed by atoms with van der Waals surface area (Å²) in [5.74, 6) is -0.276. The van der Waals surface area contributed by atoms with Crippen molar-refractivity contribution in [1.29, 1.82) is 0 Å². The summed E-state index contributed by atoms with van der Waals surface area (Å²) in [6.07, 6.45) is 2.33. The van der Waals surface area contributed by atoms with Crippen molar-refractivity contribution in [2.75, 3.05) is 19.6 Å². The highest BCUT2D eigenvalue weighted by Gasteiger charge is 2.27. The zero-order valence-electron chi connectivity index (χ0n) is 9.41. The third-order valence-corrected chi connectivity index (χ3v) is 2.35. The number of urea groups is 1. The number of imide groups is 1. The lowest BCUT2D eigenvalue weighted by molar-refractivity contribution is -0.126. The Morgan fingerprint density at radius 1 is 1.50 bits per heavy atom. The SMILES string of the molecule is CCCCC(=O)NCCN1C(=O)CNC1=O. The van der Waals surface area contributed by atoms with E-state index in [-0.39, 0.29) is 30.9 Å². The maximum absolute atomic E-state index is 11.2. The second kappa shape index (κ2) is 6.09. The molecule has 4 amide bonds. The first kappa shape index (κ1) is 12.5. The smallest absolute Gasteiger partial charge is 0.324 e. The van der Waals surface area contributed by atoms with Gasteiger partial charge in [-0.15, -0.1) is 0 Å². The Bertz CT molecular complexity index is 275. The van der Waals surface area contributed by atoms with E-state index in [1.807, 2.05) is 6.92 Å². The summed E-state index contributed by atoms with van der Waals surface area (Å²) < 4.78 is 0. The molecule has 0 unspecified atom stereocenters. The van der Waals surface area contributed by atoms with Gasteiger partial charge in [0.2, 0.25) is 11.8 Å². The highest BCUT2D eigenvalue weighted by molar-refractivity contribution is 6.01. The van der Waals surface area contributed by atoms with Crippen LogP contribution >= 0.6 is 0 Å². The summed E-state index contributed by atoms with van der Waals surface area (Å²) in [6.45, 7) is 2.63. The molecule has 1 rings (SSSR count). The molecular weight excluding hydrogens is 210 g/mol. The molecule has 0 aromatic rings. The lowest BCUT2D eigenvalue weighted by atomic mass is 10.2. The first-order valence-electron chi connectivity index (χ1n) is 5.50. The van der Waals surface area contributed by atoms with Crippen LogP contribution in [0.5, 0.6) is 0 Å². The molecule has 0 aromatic heterocycles. The minimum Gasteiger partial charge on any atom is -0.354 e. The summed E-state index contributed by atoms with van der Waals surface area (Å²) in [4.78, 5) is 34.6. The third kappa shape index (κ3) is 3.52. The second-order valence-corrected chi connectivity index (χ2v) is 3.66. The van der Waals surface area contributed by atoms with Crippen LogP contribution in [0.4, 0.5) is 4.79 Å². The molecule has 1 heterocycles. The van der Waals surface area contributed by atoms with Crippen molar-refractivity contribution in [3.05, 3.63) is 0 Å². The fourth-order valence-corrected chi connectivity index (χ4v) is 1.41. The summed E-state index contributed by atoms with van der Waals surface area (Å²) in [6, 6.07) is -0.382. The van der Waals surface area contributed by atoms with Crippen LogP contribution in [0.25, 0.3) is 0 Å². The van der Waals surface area contributed by atoms with Crippen molar-refractivity contribution in [1.82, 2.24) is 15.5 Å². The Labute approximate surface area is 94.4 Å². The Balaban J connectivity index is 2.17. The van der Waals surface area contributed by atoms with Gasteiger partial charge in [0.1, 0.15) is 0 Å². The molecule has 16 heavy (non-hydrogen) atoms. The van der Waals surface area contributed by atoms with Gasteiger partial charge >= 0.3 is 6.03 Å². The van der Waals surface area contributed by atoms with Gasteiger partial charge in [-0.1, -0.05) is 13.3 Å². The molecule has 0 radical (unpaired) electrons. The van der Waals surface area contributed by atoms with E-state index in [9.17, 15) is 14.4 Å². The zero-order valence-corrected chi connectivity index (χ0v) is 9.41. The monoisotopic (exact) mass is 227 g/mol. The van der Waals surface area contributed by atoms with Crippen molar-refractivity contribution in [2.24, 2.45) is 0 Å². The summed E-state index contributed by atoms with van der Waals surface area (Å²) >= 11 is 0. The number of hydrogen-bond donors (Lipinski definition) is 2. The molecule has 6 nitrogen and oxygen atoms in total. The minimum atomic E-state index is -0.382. The molecule has 1 aliphatic heterocycles. The zero-order chi connectivity index (χ0) is 12.0. The molecule has 1 aliphatic rings. The van der Waals surface area contributed by atoms with Crippen molar-refractivity contribution < 1.29 is 14.4 Å². The molecule has 6 heteroatoms. The normalized spacial score (nSPS) is 15.2. The van der Waals surface area contributed by atoms with E-state index in [1.54, 1.807) is 0 Å². The average Bonchev–Trinajstić information content (AvgIpc) is 2.57. The first-order valence-corrected chi connectivity index (χ1v) is 5.50. The first-order chi connectivity index (χ1) is 7.65.